The number of aliphatic carboxylic acids is 1. The van der Waals surface area contributed by atoms with Gasteiger partial charge in [0.1, 0.15) is 6.10 Å². The molecule has 0 amide bonds. The lowest BCUT2D eigenvalue weighted by atomic mass is 10.1. The normalized spacial score (nSPS) is 14.0. The first kappa shape index (κ1) is 14.3. The van der Waals surface area contributed by atoms with Crippen LogP contribution in [0.1, 0.15) is 23.1 Å². The van der Waals surface area contributed by atoms with E-state index in [2.05, 4.69) is 0 Å². The maximum Gasteiger partial charge on any atom is 0.335 e. The van der Waals surface area contributed by atoms with Crippen molar-refractivity contribution >= 4 is 5.97 Å². The van der Waals surface area contributed by atoms with Gasteiger partial charge >= 0.3 is 5.97 Å². The summed E-state index contributed by atoms with van der Waals surface area (Å²) in [6.07, 6.45) is -3.28. The first-order valence-corrected chi connectivity index (χ1v) is 6.26. The van der Waals surface area contributed by atoms with Crippen LogP contribution < -0.4 is 0 Å². The third-order valence-electron chi connectivity index (χ3n) is 3.36. The number of aliphatic hydroxyl groups is 2. The van der Waals surface area contributed by atoms with Gasteiger partial charge in [0, 0.05) is 22.6 Å². The molecule has 0 aliphatic heterocycles. The lowest BCUT2D eigenvalue weighted by Crippen LogP contribution is -2.27. The van der Waals surface area contributed by atoms with Crippen LogP contribution in [0.4, 0.5) is 0 Å². The van der Waals surface area contributed by atoms with Crippen molar-refractivity contribution in [2.45, 2.75) is 26.1 Å². The van der Waals surface area contributed by atoms with Crippen molar-refractivity contribution in [2.24, 2.45) is 0 Å². The third-order valence-corrected chi connectivity index (χ3v) is 3.36. The molecule has 2 rings (SSSR count). The molecule has 2 atom stereocenters. The first-order valence-electron chi connectivity index (χ1n) is 6.26. The minimum Gasteiger partial charge on any atom is -0.479 e. The van der Waals surface area contributed by atoms with Crippen LogP contribution in [0.2, 0.25) is 0 Å². The van der Waals surface area contributed by atoms with E-state index in [1.54, 1.807) is 13.0 Å². The summed E-state index contributed by atoms with van der Waals surface area (Å²) in [5.41, 5.74) is 2.91. The fraction of sp³-hybridized carbons (Fsp3) is 0.267. The second-order valence-corrected chi connectivity index (χ2v) is 4.73. The molecule has 3 N–H and O–H groups in total. The van der Waals surface area contributed by atoms with Gasteiger partial charge in [-0.1, -0.05) is 18.2 Å². The van der Waals surface area contributed by atoms with E-state index in [4.69, 9.17) is 5.11 Å². The standard InChI is InChI=1S/C15H17NO4/c1-9-8-12(13(17)14(18)15(19)20)10(2)16(9)11-6-4-3-5-7-11/h3-8,13-14,17-18H,1-2H3,(H,19,20). The summed E-state index contributed by atoms with van der Waals surface area (Å²) in [4.78, 5) is 10.8. The molecule has 0 aliphatic rings. The molecule has 2 unspecified atom stereocenters. The molecule has 0 saturated carbocycles. The van der Waals surface area contributed by atoms with Crippen LogP contribution in [0.15, 0.2) is 36.4 Å². The van der Waals surface area contributed by atoms with Crippen LogP contribution in [0, 0.1) is 13.8 Å². The lowest BCUT2D eigenvalue weighted by molar-refractivity contribution is -0.153. The van der Waals surface area contributed by atoms with Gasteiger partial charge in [0.05, 0.1) is 0 Å². The molecular weight excluding hydrogens is 258 g/mol. The highest BCUT2D eigenvalue weighted by molar-refractivity contribution is 5.73. The summed E-state index contributed by atoms with van der Waals surface area (Å²) in [7, 11) is 0. The molecule has 20 heavy (non-hydrogen) atoms. The number of benzene rings is 1. The summed E-state index contributed by atoms with van der Waals surface area (Å²) in [5, 5.41) is 28.2. The lowest BCUT2D eigenvalue weighted by Gasteiger charge is -2.15. The summed E-state index contributed by atoms with van der Waals surface area (Å²) in [5.74, 6) is -1.44. The Balaban J connectivity index is 2.47. The van der Waals surface area contributed by atoms with Crippen LogP contribution in [-0.2, 0) is 4.79 Å². The smallest absolute Gasteiger partial charge is 0.335 e. The highest BCUT2D eigenvalue weighted by Crippen LogP contribution is 2.27. The van der Waals surface area contributed by atoms with Crippen LogP contribution in [0.3, 0.4) is 0 Å². The maximum absolute atomic E-state index is 10.8. The van der Waals surface area contributed by atoms with Gasteiger partial charge in [0.25, 0.3) is 0 Å². The zero-order chi connectivity index (χ0) is 14.9. The molecule has 0 aliphatic carbocycles. The number of aromatic nitrogens is 1. The Morgan fingerprint density at radius 3 is 2.30 bits per heavy atom. The van der Waals surface area contributed by atoms with Gasteiger partial charge < -0.3 is 19.9 Å². The van der Waals surface area contributed by atoms with E-state index in [1.807, 2.05) is 41.8 Å². The summed E-state index contributed by atoms with van der Waals surface area (Å²) < 4.78 is 1.91. The maximum atomic E-state index is 10.8. The monoisotopic (exact) mass is 275 g/mol. The van der Waals surface area contributed by atoms with Gasteiger partial charge in [-0.2, -0.15) is 0 Å². The number of aryl methyl sites for hydroxylation is 1. The molecule has 0 spiro atoms. The van der Waals surface area contributed by atoms with E-state index in [9.17, 15) is 15.0 Å². The van der Waals surface area contributed by atoms with Crippen molar-refractivity contribution < 1.29 is 20.1 Å². The minimum absolute atomic E-state index is 0.418. The topological polar surface area (TPSA) is 82.7 Å². The van der Waals surface area contributed by atoms with Gasteiger partial charge in [0.2, 0.25) is 0 Å². The van der Waals surface area contributed by atoms with Gasteiger partial charge in [-0.25, -0.2) is 4.79 Å². The number of rotatable bonds is 4. The highest BCUT2D eigenvalue weighted by atomic mass is 16.4. The number of para-hydroxylation sites is 1. The molecule has 1 heterocycles. The van der Waals surface area contributed by atoms with Gasteiger partial charge in [-0.3, -0.25) is 0 Å². The molecular formula is C15H17NO4. The van der Waals surface area contributed by atoms with Crippen LogP contribution in [-0.4, -0.2) is 32.0 Å². The molecule has 0 radical (unpaired) electrons. The first-order chi connectivity index (χ1) is 9.43. The van der Waals surface area contributed by atoms with Gasteiger partial charge in [0.15, 0.2) is 6.10 Å². The Hall–Kier alpha value is -2.11. The second kappa shape index (κ2) is 5.48. The van der Waals surface area contributed by atoms with Gasteiger partial charge in [-0.05, 0) is 32.0 Å². The van der Waals surface area contributed by atoms with Crippen LogP contribution >= 0.6 is 0 Å². The van der Waals surface area contributed by atoms with Crippen LogP contribution in [0.25, 0.3) is 5.69 Å². The Morgan fingerprint density at radius 2 is 1.75 bits per heavy atom. The highest BCUT2D eigenvalue weighted by Gasteiger charge is 2.28. The van der Waals surface area contributed by atoms with E-state index < -0.39 is 18.2 Å². The van der Waals surface area contributed by atoms with E-state index in [1.165, 1.54) is 0 Å². The Bertz CT molecular complexity index is 618. The van der Waals surface area contributed by atoms with Gasteiger partial charge in [-0.15, -0.1) is 0 Å². The number of carbonyl (C=O) groups is 1. The zero-order valence-corrected chi connectivity index (χ0v) is 11.3. The Kier molecular flexibility index (Phi) is 3.92. The minimum atomic E-state index is -1.83. The average molecular weight is 275 g/mol. The van der Waals surface area contributed by atoms with E-state index in [-0.39, 0.29) is 0 Å². The Morgan fingerprint density at radius 1 is 1.15 bits per heavy atom. The van der Waals surface area contributed by atoms with Crippen molar-refractivity contribution in [2.75, 3.05) is 0 Å². The second-order valence-electron chi connectivity index (χ2n) is 4.73. The molecule has 0 bridgehead atoms. The average Bonchev–Trinajstić information content (AvgIpc) is 2.73. The van der Waals surface area contributed by atoms with Crippen LogP contribution in [0.5, 0.6) is 0 Å². The van der Waals surface area contributed by atoms with Crippen molar-refractivity contribution in [3.8, 4) is 5.69 Å². The van der Waals surface area contributed by atoms with Crippen molar-refractivity contribution in [3.05, 3.63) is 53.3 Å². The molecule has 0 fully saturated rings. The van der Waals surface area contributed by atoms with Crippen molar-refractivity contribution in [1.82, 2.24) is 4.57 Å². The van der Waals surface area contributed by atoms with E-state index >= 15 is 0 Å². The summed E-state index contributed by atoms with van der Waals surface area (Å²) >= 11 is 0. The number of hydrogen-bond donors (Lipinski definition) is 3. The molecule has 106 valence electrons. The molecule has 1 aromatic heterocycles. The molecule has 5 heteroatoms. The summed E-state index contributed by atoms with van der Waals surface area (Å²) in [6.45, 7) is 3.65. The zero-order valence-electron chi connectivity index (χ0n) is 11.3. The fourth-order valence-corrected chi connectivity index (χ4v) is 2.37. The fourth-order valence-electron chi connectivity index (χ4n) is 2.37. The quantitative estimate of drug-likeness (QED) is 0.791. The summed E-state index contributed by atoms with van der Waals surface area (Å²) in [6, 6.07) is 11.2. The number of nitrogens with zero attached hydrogens (tertiary/aromatic N) is 1. The number of carboxylic acids is 1. The Labute approximate surface area is 116 Å². The molecule has 1 aromatic carbocycles. The van der Waals surface area contributed by atoms with E-state index in [0.29, 0.717) is 11.3 Å². The number of carboxylic acid groups (broad SMARTS) is 1. The predicted molar refractivity (Wildman–Crippen MR) is 73.8 cm³/mol. The largest absolute Gasteiger partial charge is 0.479 e. The molecule has 0 saturated heterocycles. The molecule has 2 aromatic rings. The van der Waals surface area contributed by atoms with Crippen molar-refractivity contribution in [3.63, 3.8) is 0 Å². The number of hydrogen-bond acceptors (Lipinski definition) is 3. The predicted octanol–water partition coefficient (Wildman–Crippen LogP) is 1.57. The SMILES string of the molecule is Cc1cc(C(O)C(O)C(=O)O)c(C)n1-c1ccccc1. The molecule has 5 nitrogen and oxygen atoms in total. The van der Waals surface area contributed by atoms with E-state index in [0.717, 1.165) is 11.4 Å². The number of aliphatic hydroxyl groups excluding tert-OH is 2. The third kappa shape index (κ3) is 2.45. The van der Waals surface area contributed by atoms with Crippen molar-refractivity contribution in [1.29, 1.82) is 0 Å².